The number of aryl methyl sites for hydroxylation is 2. The minimum Gasteiger partial charge on any atom is -0.279 e. The van der Waals surface area contributed by atoms with E-state index in [1.165, 1.54) is 0 Å². The number of thioether (sulfide) groups is 1. The fourth-order valence-electron chi connectivity index (χ4n) is 0.754. The van der Waals surface area contributed by atoms with Crippen molar-refractivity contribution in [2.45, 2.75) is 6.92 Å². The number of thiocyanates is 1. The van der Waals surface area contributed by atoms with Crippen molar-refractivity contribution in [2.24, 2.45) is 7.05 Å². The number of nitrogens with zero attached hydrogens (tertiary/aromatic N) is 3. The van der Waals surface area contributed by atoms with Crippen LogP contribution in [0.3, 0.4) is 0 Å². The van der Waals surface area contributed by atoms with Crippen LogP contribution in [0.25, 0.3) is 0 Å². The quantitative estimate of drug-likeness (QED) is 0.608. The highest BCUT2D eigenvalue weighted by molar-refractivity contribution is 8.18. The van der Waals surface area contributed by atoms with Crippen molar-refractivity contribution in [1.29, 1.82) is 5.26 Å². The molecule has 0 radical (unpaired) electrons. The summed E-state index contributed by atoms with van der Waals surface area (Å²) in [5, 5.41) is 13.6. The molecule has 0 aliphatic rings. The van der Waals surface area contributed by atoms with Crippen LogP contribution in [0.4, 0.5) is 0 Å². The van der Waals surface area contributed by atoms with Gasteiger partial charge in [-0.1, -0.05) is 0 Å². The van der Waals surface area contributed by atoms with Crippen molar-refractivity contribution >= 4 is 16.9 Å². The second kappa shape index (κ2) is 3.41. The van der Waals surface area contributed by atoms with Crippen LogP contribution in [0.1, 0.15) is 16.2 Å². The summed E-state index contributed by atoms with van der Waals surface area (Å²) in [4.78, 5) is 11.1. The second-order valence-electron chi connectivity index (χ2n) is 2.28. The van der Waals surface area contributed by atoms with E-state index < -0.39 is 0 Å². The Morgan fingerprint density at radius 2 is 2.50 bits per heavy atom. The Morgan fingerprint density at radius 1 is 1.83 bits per heavy atom. The van der Waals surface area contributed by atoms with E-state index in [2.05, 4.69) is 5.10 Å². The lowest BCUT2D eigenvalue weighted by Gasteiger charge is -1.88. The third-order valence-electron chi connectivity index (χ3n) is 1.46. The van der Waals surface area contributed by atoms with Crippen molar-refractivity contribution in [2.75, 3.05) is 0 Å². The van der Waals surface area contributed by atoms with Gasteiger partial charge in [0.2, 0.25) is 0 Å². The average Bonchev–Trinajstić information content (AvgIpc) is 2.33. The molecule has 5 heteroatoms. The summed E-state index contributed by atoms with van der Waals surface area (Å²) in [7, 11) is 1.75. The molecule has 1 aromatic heterocycles. The number of carbonyl (C=O) groups is 1. The van der Waals surface area contributed by atoms with Crippen molar-refractivity contribution in [3.05, 3.63) is 17.5 Å². The number of hydrogen-bond acceptors (Lipinski definition) is 4. The Balaban J connectivity index is 2.91. The largest absolute Gasteiger partial charge is 0.279 e. The van der Waals surface area contributed by atoms with Crippen LogP contribution >= 0.6 is 11.8 Å². The topological polar surface area (TPSA) is 58.7 Å². The standard InChI is InChI=1S/C7H7N3OS/c1-5-3-6(9-10(5)2)7(11)12-4-8/h3H,1-2H3. The van der Waals surface area contributed by atoms with E-state index in [-0.39, 0.29) is 5.12 Å². The number of nitriles is 1. The first kappa shape index (κ1) is 8.81. The summed E-state index contributed by atoms with van der Waals surface area (Å²) in [6.07, 6.45) is 0. The normalized spacial score (nSPS) is 9.42. The molecular weight excluding hydrogens is 174 g/mol. The van der Waals surface area contributed by atoms with Gasteiger partial charge in [0.15, 0.2) is 0 Å². The molecule has 0 unspecified atom stereocenters. The van der Waals surface area contributed by atoms with Crippen LogP contribution in [0, 0.1) is 17.6 Å². The van der Waals surface area contributed by atoms with Gasteiger partial charge in [-0.15, -0.1) is 0 Å². The molecule has 0 aromatic carbocycles. The predicted octanol–water partition coefficient (Wildman–Crippen LogP) is 1.08. The van der Waals surface area contributed by atoms with Gasteiger partial charge in [-0.25, -0.2) is 0 Å². The van der Waals surface area contributed by atoms with Crippen LogP contribution < -0.4 is 0 Å². The van der Waals surface area contributed by atoms with Crippen molar-refractivity contribution in [1.82, 2.24) is 9.78 Å². The Kier molecular flexibility index (Phi) is 2.51. The van der Waals surface area contributed by atoms with E-state index in [0.717, 1.165) is 5.69 Å². The lowest BCUT2D eigenvalue weighted by molar-refractivity contribution is 0.108. The molecular formula is C7H7N3OS. The van der Waals surface area contributed by atoms with Crippen molar-refractivity contribution in [3.8, 4) is 5.40 Å². The third kappa shape index (κ3) is 1.66. The Bertz CT molecular complexity index is 331. The highest BCUT2D eigenvalue weighted by atomic mass is 32.2. The van der Waals surface area contributed by atoms with E-state index in [0.29, 0.717) is 17.5 Å². The molecule has 0 spiro atoms. The van der Waals surface area contributed by atoms with Crippen LogP contribution in [-0.2, 0) is 7.05 Å². The number of carbonyl (C=O) groups excluding carboxylic acids is 1. The second-order valence-corrected chi connectivity index (χ2v) is 3.03. The molecule has 0 aliphatic carbocycles. The fraction of sp³-hybridized carbons (Fsp3) is 0.286. The van der Waals surface area contributed by atoms with Gasteiger partial charge in [0.05, 0.1) is 0 Å². The van der Waals surface area contributed by atoms with E-state index in [4.69, 9.17) is 5.26 Å². The zero-order valence-electron chi connectivity index (χ0n) is 6.74. The lowest BCUT2D eigenvalue weighted by Crippen LogP contribution is -1.96. The molecule has 1 rings (SSSR count). The number of rotatable bonds is 1. The van der Waals surface area contributed by atoms with E-state index in [1.54, 1.807) is 23.2 Å². The van der Waals surface area contributed by atoms with Gasteiger partial charge in [-0.3, -0.25) is 9.48 Å². The maximum atomic E-state index is 11.1. The van der Waals surface area contributed by atoms with Gasteiger partial charge in [-0.05, 0) is 13.0 Å². The number of aromatic nitrogens is 2. The van der Waals surface area contributed by atoms with Crippen LogP contribution in [0.15, 0.2) is 6.07 Å². The third-order valence-corrected chi connectivity index (χ3v) is 1.95. The summed E-state index contributed by atoms with van der Waals surface area (Å²) in [5.41, 5.74) is 1.23. The molecule has 0 fully saturated rings. The highest BCUT2D eigenvalue weighted by Gasteiger charge is 2.10. The summed E-state index contributed by atoms with van der Waals surface area (Å²) in [5.74, 6) is 0. The molecule has 0 amide bonds. The molecule has 12 heavy (non-hydrogen) atoms. The van der Waals surface area contributed by atoms with Gasteiger partial charge in [-0.2, -0.15) is 10.4 Å². The fourth-order valence-corrected chi connectivity index (χ4v) is 1.04. The van der Waals surface area contributed by atoms with E-state index in [1.807, 2.05) is 6.92 Å². The maximum absolute atomic E-state index is 11.1. The molecule has 4 nitrogen and oxygen atoms in total. The molecule has 0 N–H and O–H groups in total. The lowest BCUT2D eigenvalue weighted by atomic mass is 10.4. The molecule has 0 aliphatic heterocycles. The molecule has 0 atom stereocenters. The zero-order chi connectivity index (χ0) is 9.14. The van der Waals surface area contributed by atoms with E-state index >= 15 is 0 Å². The SMILES string of the molecule is Cc1cc(C(=O)SC#N)nn1C. The molecule has 1 aromatic rings. The highest BCUT2D eigenvalue weighted by Crippen LogP contribution is 2.10. The Hall–Kier alpha value is -1.28. The van der Waals surface area contributed by atoms with Crippen molar-refractivity contribution < 1.29 is 4.79 Å². The maximum Gasteiger partial charge on any atom is 0.253 e. The summed E-state index contributed by atoms with van der Waals surface area (Å²) in [6.45, 7) is 1.85. The minimum atomic E-state index is -0.304. The van der Waals surface area contributed by atoms with Crippen LogP contribution in [0.2, 0.25) is 0 Å². The first-order valence-electron chi connectivity index (χ1n) is 3.26. The Labute approximate surface area is 74.2 Å². The van der Waals surface area contributed by atoms with E-state index in [9.17, 15) is 4.79 Å². The monoisotopic (exact) mass is 181 g/mol. The molecule has 0 saturated carbocycles. The van der Waals surface area contributed by atoms with Gasteiger partial charge in [0.25, 0.3) is 5.12 Å². The average molecular weight is 181 g/mol. The molecule has 62 valence electrons. The summed E-state index contributed by atoms with van der Waals surface area (Å²) >= 11 is 0.597. The van der Waals surface area contributed by atoms with Crippen LogP contribution in [0.5, 0.6) is 0 Å². The predicted molar refractivity (Wildman–Crippen MR) is 45.5 cm³/mol. The first-order valence-corrected chi connectivity index (χ1v) is 4.07. The Morgan fingerprint density at radius 3 is 2.92 bits per heavy atom. The van der Waals surface area contributed by atoms with Gasteiger partial charge < -0.3 is 0 Å². The first-order chi connectivity index (χ1) is 5.65. The zero-order valence-corrected chi connectivity index (χ0v) is 7.55. The summed E-state index contributed by atoms with van der Waals surface area (Å²) < 4.78 is 1.60. The molecule has 1 heterocycles. The number of hydrogen-bond donors (Lipinski definition) is 0. The summed E-state index contributed by atoms with van der Waals surface area (Å²) in [6, 6.07) is 1.66. The minimum absolute atomic E-state index is 0.304. The van der Waals surface area contributed by atoms with Gasteiger partial charge in [0, 0.05) is 24.5 Å². The van der Waals surface area contributed by atoms with Crippen LogP contribution in [-0.4, -0.2) is 14.9 Å². The van der Waals surface area contributed by atoms with Gasteiger partial charge >= 0.3 is 0 Å². The smallest absolute Gasteiger partial charge is 0.253 e. The molecule has 0 saturated heterocycles. The van der Waals surface area contributed by atoms with Gasteiger partial charge in [0.1, 0.15) is 11.1 Å². The molecule has 0 bridgehead atoms. The van der Waals surface area contributed by atoms with Crippen molar-refractivity contribution in [3.63, 3.8) is 0 Å².